The molecule has 7 nitrogen and oxygen atoms in total. The lowest BCUT2D eigenvalue weighted by Gasteiger charge is -2.44. The zero-order valence-electron chi connectivity index (χ0n) is 24.3. The average Bonchev–Trinajstić information content (AvgIpc) is 3.33. The third-order valence-corrected chi connectivity index (χ3v) is 9.51. The number of ether oxygens (including phenoxy) is 2. The van der Waals surface area contributed by atoms with Gasteiger partial charge < -0.3 is 19.5 Å². The van der Waals surface area contributed by atoms with Gasteiger partial charge in [0.15, 0.2) is 0 Å². The number of aromatic carboxylic acids is 1. The predicted octanol–water partition coefficient (Wildman–Crippen LogP) is 5.52. The first kappa shape index (κ1) is 30.0. The highest BCUT2D eigenvalue weighted by atomic mass is 32.1. The number of amides is 1. The number of morpholine rings is 1. The van der Waals surface area contributed by atoms with Gasteiger partial charge in [0.1, 0.15) is 4.88 Å². The maximum Gasteiger partial charge on any atom is 0.348 e. The lowest BCUT2D eigenvalue weighted by molar-refractivity contribution is -0.124. The number of carboxylic acid groups (broad SMARTS) is 1. The number of rotatable bonds is 7. The molecule has 4 rings (SSSR count). The van der Waals surface area contributed by atoms with E-state index in [-0.39, 0.29) is 40.2 Å². The fourth-order valence-corrected chi connectivity index (χ4v) is 7.13. The summed E-state index contributed by atoms with van der Waals surface area (Å²) in [5.74, 6) is 6.34. The van der Waals surface area contributed by atoms with E-state index in [1.165, 1.54) is 11.3 Å². The van der Waals surface area contributed by atoms with Crippen molar-refractivity contribution in [3.8, 4) is 11.8 Å². The Morgan fingerprint density at radius 1 is 1.15 bits per heavy atom. The van der Waals surface area contributed by atoms with Crippen LogP contribution in [0.5, 0.6) is 0 Å². The van der Waals surface area contributed by atoms with Crippen LogP contribution in [0.4, 0.5) is 5.69 Å². The third kappa shape index (κ3) is 7.85. The highest BCUT2D eigenvalue weighted by molar-refractivity contribution is 7.15. The molecule has 0 bridgehead atoms. The van der Waals surface area contributed by atoms with Crippen molar-refractivity contribution in [2.45, 2.75) is 84.8 Å². The quantitative estimate of drug-likeness (QED) is 0.444. The molecule has 2 heterocycles. The van der Waals surface area contributed by atoms with E-state index < -0.39 is 5.97 Å². The van der Waals surface area contributed by atoms with Crippen molar-refractivity contribution in [1.82, 2.24) is 4.90 Å². The zero-order valence-corrected chi connectivity index (χ0v) is 25.1. The van der Waals surface area contributed by atoms with Gasteiger partial charge in [0, 0.05) is 44.1 Å². The molecule has 0 aromatic carbocycles. The molecule has 0 spiro atoms. The van der Waals surface area contributed by atoms with Crippen molar-refractivity contribution in [1.29, 1.82) is 0 Å². The Morgan fingerprint density at radius 2 is 1.85 bits per heavy atom. The molecule has 39 heavy (non-hydrogen) atoms. The molecule has 8 heteroatoms. The second-order valence-electron chi connectivity index (χ2n) is 12.7. The van der Waals surface area contributed by atoms with Crippen molar-refractivity contribution >= 4 is 28.9 Å². The van der Waals surface area contributed by atoms with Crippen LogP contribution in [0.1, 0.15) is 87.2 Å². The minimum Gasteiger partial charge on any atom is -0.477 e. The average molecular weight is 559 g/mol. The van der Waals surface area contributed by atoms with Crippen molar-refractivity contribution < 1.29 is 24.2 Å². The number of carboxylic acids is 1. The molecule has 0 unspecified atom stereocenters. The smallest absolute Gasteiger partial charge is 0.348 e. The number of thiophene rings is 1. The van der Waals surface area contributed by atoms with Crippen LogP contribution in [0.2, 0.25) is 0 Å². The number of hydrogen-bond acceptors (Lipinski definition) is 6. The molecule has 1 aliphatic heterocycles. The van der Waals surface area contributed by atoms with Crippen LogP contribution in [-0.2, 0) is 14.3 Å². The third-order valence-electron chi connectivity index (χ3n) is 8.48. The van der Waals surface area contributed by atoms with Crippen LogP contribution in [0, 0.1) is 35.0 Å². The molecule has 1 aromatic heterocycles. The molecule has 0 radical (unpaired) electrons. The fraction of sp³-hybridized carbons (Fsp3) is 0.742. The Kier molecular flexibility index (Phi) is 10.1. The summed E-state index contributed by atoms with van der Waals surface area (Å²) >= 11 is 1.19. The van der Waals surface area contributed by atoms with E-state index in [1.807, 2.05) is 31.7 Å². The van der Waals surface area contributed by atoms with Crippen molar-refractivity contribution in [2.75, 3.05) is 44.9 Å². The van der Waals surface area contributed by atoms with Gasteiger partial charge in [-0.25, -0.2) is 4.79 Å². The highest BCUT2D eigenvalue weighted by Gasteiger charge is 2.41. The summed E-state index contributed by atoms with van der Waals surface area (Å²) in [4.78, 5) is 32.0. The van der Waals surface area contributed by atoms with E-state index >= 15 is 0 Å². The summed E-state index contributed by atoms with van der Waals surface area (Å²) in [5.41, 5.74) is 0.327. The molecule has 1 aromatic rings. The Bertz CT molecular complexity index is 1050. The molecule has 3 fully saturated rings. The lowest BCUT2D eigenvalue weighted by atomic mass is 9.79. The number of methoxy groups -OCH3 is 1. The zero-order chi connectivity index (χ0) is 28.2. The van der Waals surface area contributed by atoms with Crippen molar-refractivity contribution in [3.63, 3.8) is 0 Å². The number of carbonyl (C=O) groups is 2. The maximum atomic E-state index is 14.3. The van der Waals surface area contributed by atoms with E-state index in [0.29, 0.717) is 16.5 Å². The van der Waals surface area contributed by atoms with Gasteiger partial charge in [-0.15, -0.1) is 11.3 Å². The second kappa shape index (κ2) is 13.2. The molecule has 3 atom stereocenters. The molecule has 3 aliphatic rings. The first-order valence-electron chi connectivity index (χ1n) is 14.6. The van der Waals surface area contributed by atoms with Crippen LogP contribution >= 0.6 is 11.3 Å². The second-order valence-corrected chi connectivity index (χ2v) is 13.8. The van der Waals surface area contributed by atoms with Gasteiger partial charge in [-0.3, -0.25) is 9.69 Å². The molecule has 1 N–H and O–H groups in total. The van der Waals surface area contributed by atoms with Crippen LogP contribution in [0.3, 0.4) is 0 Å². The van der Waals surface area contributed by atoms with Gasteiger partial charge >= 0.3 is 5.97 Å². The van der Waals surface area contributed by atoms with Gasteiger partial charge in [-0.05, 0) is 83.6 Å². The molecular weight excluding hydrogens is 512 g/mol. The molecule has 1 amide bonds. The van der Waals surface area contributed by atoms with Crippen LogP contribution in [0.15, 0.2) is 6.07 Å². The highest BCUT2D eigenvalue weighted by Crippen LogP contribution is 2.40. The first-order valence-corrected chi connectivity index (χ1v) is 15.4. The van der Waals surface area contributed by atoms with E-state index in [2.05, 4.69) is 23.7 Å². The Balaban J connectivity index is 1.68. The molecule has 1 saturated heterocycles. The minimum atomic E-state index is -0.996. The lowest BCUT2D eigenvalue weighted by Crippen LogP contribution is -2.51. The van der Waals surface area contributed by atoms with Gasteiger partial charge in [0.2, 0.25) is 5.91 Å². The van der Waals surface area contributed by atoms with E-state index in [9.17, 15) is 14.7 Å². The van der Waals surface area contributed by atoms with Gasteiger partial charge in [0.05, 0.1) is 29.9 Å². The van der Waals surface area contributed by atoms with Crippen molar-refractivity contribution in [2.24, 2.45) is 23.2 Å². The fourth-order valence-electron chi connectivity index (χ4n) is 6.29. The normalized spacial score (nSPS) is 28.4. The Hall–Kier alpha value is -1.92. The SMILES string of the molecule is CO[C@@H]1CC[C@@H](N(C(=O)C2CCC(C)CC2)c2cc(C#CC(C)(C)C)sc2C(=O)O)C[C@H]1CN1CCOCC1. The first-order chi connectivity index (χ1) is 18.6. The molecule has 2 aliphatic carbocycles. The van der Waals surface area contributed by atoms with Gasteiger partial charge in [-0.2, -0.15) is 0 Å². The predicted molar refractivity (Wildman–Crippen MR) is 155 cm³/mol. The summed E-state index contributed by atoms with van der Waals surface area (Å²) < 4.78 is 11.5. The van der Waals surface area contributed by atoms with E-state index in [4.69, 9.17) is 9.47 Å². The molecule has 2 saturated carbocycles. The van der Waals surface area contributed by atoms with Crippen LogP contribution in [-0.4, -0.2) is 74.0 Å². The topological polar surface area (TPSA) is 79.3 Å². The molecule has 216 valence electrons. The van der Waals surface area contributed by atoms with Gasteiger partial charge in [-0.1, -0.05) is 18.8 Å². The summed E-state index contributed by atoms with van der Waals surface area (Å²) in [5, 5.41) is 10.2. The summed E-state index contributed by atoms with van der Waals surface area (Å²) in [6.45, 7) is 12.6. The number of anilines is 1. The summed E-state index contributed by atoms with van der Waals surface area (Å²) in [7, 11) is 1.78. The van der Waals surface area contributed by atoms with E-state index in [0.717, 1.165) is 77.8 Å². The number of hydrogen-bond donors (Lipinski definition) is 1. The molecular formula is C31H46N2O5S. The summed E-state index contributed by atoms with van der Waals surface area (Å²) in [6, 6.07) is 1.79. The largest absolute Gasteiger partial charge is 0.477 e. The standard InChI is InChI=1S/C31H46N2O5S/c1-21-6-8-22(9-7-21)29(34)33(26-19-25(12-13-31(2,3)4)39-28(26)30(35)36)24-10-11-27(37-5)23(18-24)20-32-14-16-38-17-15-32/h19,21-24,27H,6-11,14-18,20H2,1-5H3,(H,35,36)/t21?,22?,23-,24+,27+/m0/s1. The van der Waals surface area contributed by atoms with Crippen LogP contribution < -0.4 is 4.90 Å². The van der Waals surface area contributed by atoms with Gasteiger partial charge in [0.25, 0.3) is 0 Å². The van der Waals surface area contributed by atoms with Crippen LogP contribution in [0.25, 0.3) is 0 Å². The Labute approximate surface area is 238 Å². The number of carbonyl (C=O) groups excluding carboxylic acids is 1. The van der Waals surface area contributed by atoms with E-state index in [1.54, 1.807) is 7.11 Å². The number of nitrogens with zero attached hydrogens (tertiary/aromatic N) is 2. The minimum absolute atomic E-state index is 0.0644. The Morgan fingerprint density at radius 3 is 2.46 bits per heavy atom. The maximum absolute atomic E-state index is 14.3. The summed E-state index contributed by atoms with van der Waals surface area (Å²) in [6.07, 6.45) is 6.38. The van der Waals surface area contributed by atoms with Crippen molar-refractivity contribution in [3.05, 3.63) is 15.8 Å². The monoisotopic (exact) mass is 558 g/mol.